The van der Waals surface area contributed by atoms with E-state index in [4.69, 9.17) is 0 Å². The summed E-state index contributed by atoms with van der Waals surface area (Å²) in [7, 11) is 0. The highest BCUT2D eigenvalue weighted by molar-refractivity contribution is 7.21. The van der Waals surface area contributed by atoms with Gasteiger partial charge in [0.15, 0.2) is 0 Å². The van der Waals surface area contributed by atoms with E-state index in [0.29, 0.717) is 52.2 Å². The van der Waals surface area contributed by atoms with Crippen molar-refractivity contribution < 1.29 is 32.3 Å². The molecule has 7 rings (SSSR count). The predicted molar refractivity (Wildman–Crippen MR) is 183 cm³/mol. The summed E-state index contributed by atoms with van der Waals surface area (Å²) in [5.74, 6) is -1.44. The number of hydrogen-bond acceptors (Lipinski definition) is 8. The number of likely N-dealkylation sites (tertiary alicyclic amines) is 1. The Balaban J connectivity index is 1.10. The predicted octanol–water partition coefficient (Wildman–Crippen LogP) is 6.54. The highest BCUT2D eigenvalue weighted by atomic mass is 32.1. The third-order valence-corrected chi connectivity index (χ3v) is 10.00. The number of thiophene rings is 1. The number of alkyl halides is 3. The van der Waals surface area contributed by atoms with Crippen LogP contribution in [0.4, 0.5) is 40.8 Å². The van der Waals surface area contributed by atoms with Crippen LogP contribution >= 0.6 is 11.3 Å². The van der Waals surface area contributed by atoms with E-state index in [1.54, 1.807) is 30.0 Å². The van der Waals surface area contributed by atoms with E-state index in [2.05, 4.69) is 25.9 Å². The lowest BCUT2D eigenvalue weighted by atomic mass is 10.0. The Hall–Kier alpha value is -5.82. The van der Waals surface area contributed by atoms with Crippen LogP contribution in [0.15, 0.2) is 60.4 Å². The zero-order valence-corrected chi connectivity index (χ0v) is 27.8. The molecule has 3 N–H and O–H groups in total. The van der Waals surface area contributed by atoms with Crippen LogP contribution in [0.25, 0.3) is 10.2 Å². The number of anilines is 4. The minimum absolute atomic E-state index is 0.130. The van der Waals surface area contributed by atoms with Gasteiger partial charge >= 0.3 is 12.2 Å². The first-order chi connectivity index (χ1) is 24.4. The number of benzene rings is 1. The number of amides is 5. The monoisotopic (exact) mass is 714 g/mol. The molecular formula is C35H29F3N8O4S. The standard InChI is InChI=1S/C35H29F3N8O4S/c1-18-13-20(30(47)43-26-15-22(8-10-40-26)35(36,37)38)6-7-24(18)46-25-9-11-41-32-27(25)28(44-34(46)50)29(51-32)31(48)42-23-3-2-12-45(17-23)33(49)21(16-39)14-19-4-5-19/h6-11,13-15,19,23H,2-5,12,17H2,1H3,(H,42,48)(H,44,50)(H,40,43,47)/b21-14+/t23-/m0/s1. The smallest absolute Gasteiger partial charge is 0.347 e. The number of piperidine rings is 1. The van der Waals surface area contributed by atoms with Crippen molar-refractivity contribution in [2.24, 2.45) is 5.92 Å². The van der Waals surface area contributed by atoms with Gasteiger partial charge in [0.05, 0.1) is 28.0 Å². The van der Waals surface area contributed by atoms with Gasteiger partial charge in [-0.1, -0.05) is 6.08 Å². The van der Waals surface area contributed by atoms with Crippen LogP contribution in [-0.4, -0.2) is 57.8 Å². The Bertz CT molecular complexity index is 2190. The zero-order chi connectivity index (χ0) is 36.0. The lowest BCUT2D eigenvalue weighted by molar-refractivity contribution is -0.137. The van der Waals surface area contributed by atoms with Gasteiger partial charge in [0.25, 0.3) is 17.7 Å². The highest BCUT2D eigenvalue weighted by Crippen LogP contribution is 2.46. The fraction of sp³-hybridized carbons (Fsp3) is 0.286. The van der Waals surface area contributed by atoms with Crippen LogP contribution < -0.4 is 20.9 Å². The van der Waals surface area contributed by atoms with Gasteiger partial charge in [0, 0.05) is 37.1 Å². The van der Waals surface area contributed by atoms with Gasteiger partial charge in [-0.05, 0) is 80.5 Å². The van der Waals surface area contributed by atoms with Crippen molar-refractivity contribution in [1.82, 2.24) is 20.2 Å². The number of pyridine rings is 2. The molecule has 0 unspecified atom stereocenters. The first-order valence-corrected chi connectivity index (χ1v) is 16.9. The van der Waals surface area contributed by atoms with E-state index >= 15 is 0 Å². The number of hydrogen-bond donors (Lipinski definition) is 3. The summed E-state index contributed by atoms with van der Waals surface area (Å²) in [6, 6.07) is 8.79. The number of carbonyl (C=O) groups is 4. The molecule has 1 saturated carbocycles. The molecule has 1 aromatic carbocycles. The lowest BCUT2D eigenvalue weighted by Gasteiger charge is -2.33. The average molecular weight is 715 g/mol. The van der Waals surface area contributed by atoms with Crippen molar-refractivity contribution in [1.29, 1.82) is 5.26 Å². The van der Waals surface area contributed by atoms with Crippen molar-refractivity contribution in [3.8, 4) is 6.07 Å². The number of aromatic nitrogens is 2. The lowest BCUT2D eigenvalue weighted by Crippen LogP contribution is -2.50. The molecule has 4 aromatic rings. The van der Waals surface area contributed by atoms with Crippen molar-refractivity contribution in [2.75, 3.05) is 28.6 Å². The highest BCUT2D eigenvalue weighted by Gasteiger charge is 2.35. The van der Waals surface area contributed by atoms with Crippen molar-refractivity contribution >= 4 is 68.2 Å². The summed E-state index contributed by atoms with van der Waals surface area (Å²) in [5.41, 5.74) is 1.02. The Morgan fingerprint density at radius 3 is 2.57 bits per heavy atom. The second kappa shape index (κ2) is 13.1. The molecule has 0 bridgehead atoms. The van der Waals surface area contributed by atoms with Gasteiger partial charge in [0.1, 0.15) is 27.2 Å². The molecule has 16 heteroatoms. The Labute approximate surface area is 293 Å². The van der Waals surface area contributed by atoms with E-state index in [1.165, 1.54) is 23.2 Å². The number of nitriles is 1. The van der Waals surface area contributed by atoms with Crippen LogP contribution in [0.2, 0.25) is 0 Å². The number of carbonyl (C=O) groups excluding carboxylic acids is 4. The van der Waals surface area contributed by atoms with Crippen LogP contribution in [0.1, 0.15) is 56.8 Å². The molecule has 3 aromatic heterocycles. The number of halogens is 3. The molecule has 1 atom stereocenters. The Kier molecular flexibility index (Phi) is 8.67. The molecule has 3 aliphatic rings. The molecule has 2 fully saturated rings. The minimum atomic E-state index is -4.60. The Morgan fingerprint density at radius 2 is 1.84 bits per heavy atom. The summed E-state index contributed by atoms with van der Waals surface area (Å²) in [5, 5.41) is 18.3. The third kappa shape index (κ3) is 6.72. The zero-order valence-electron chi connectivity index (χ0n) is 27.0. The van der Waals surface area contributed by atoms with Crippen LogP contribution in [0.3, 0.4) is 0 Å². The van der Waals surface area contributed by atoms with Crippen LogP contribution in [-0.2, 0) is 11.0 Å². The van der Waals surface area contributed by atoms with Gasteiger partial charge < -0.3 is 20.9 Å². The van der Waals surface area contributed by atoms with Crippen LogP contribution in [0.5, 0.6) is 0 Å². The van der Waals surface area contributed by atoms with Gasteiger partial charge in [0.2, 0.25) is 0 Å². The second-order valence-corrected chi connectivity index (χ2v) is 13.6. The molecule has 2 aliphatic heterocycles. The van der Waals surface area contributed by atoms with Gasteiger partial charge in [-0.3, -0.25) is 19.3 Å². The van der Waals surface area contributed by atoms with Crippen LogP contribution in [0, 0.1) is 24.2 Å². The summed E-state index contributed by atoms with van der Waals surface area (Å²) in [6.07, 6.45) is 2.84. The summed E-state index contributed by atoms with van der Waals surface area (Å²) < 4.78 is 39.4. The number of nitrogens with zero attached hydrogens (tertiary/aromatic N) is 5. The van der Waals surface area contributed by atoms with E-state index in [9.17, 15) is 37.6 Å². The van der Waals surface area contributed by atoms with Crippen molar-refractivity contribution in [3.63, 3.8) is 0 Å². The number of rotatable bonds is 7. The SMILES string of the molecule is Cc1cc(C(=O)Nc2cc(C(F)(F)F)ccn2)ccc1N1C(=O)Nc2c(C(=O)N[C@H]3CCCN(C(=O)/C(C#N)=C/C4CC4)C3)sc3nccc1c23. The first-order valence-electron chi connectivity index (χ1n) is 16.1. The molecule has 0 spiro atoms. The number of nitrogens with one attached hydrogen (secondary N) is 3. The maximum Gasteiger partial charge on any atom is 0.416 e. The van der Waals surface area contributed by atoms with E-state index in [0.717, 1.165) is 42.5 Å². The second-order valence-electron chi connectivity index (χ2n) is 12.6. The average Bonchev–Trinajstić information content (AvgIpc) is 3.86. The normalized spacial score (nSPS) is 17.5. The molecular weight excluding hydrogens is 685 g/mol. The quantitative estimate of drug-likeness (QED) is 0.145. The van der Waals surface area contributed by atoms with E-state index in [-0.39, 0.29) is 46.2 Å². The maximum absolute atomic E-state index is 13.7. The van der Waals surface area contributed by atoms with Gasteiger partial charge in [-0.2, -0.15) is 18.4 Å². The first kappa shape index (κ1) is 33.7. The largest absolute Gasteiger partial charge is 0.416 e. The molecule has 5 heterocycles. The molecule has 51 heavy (non-hydrogen) atoms. The van der Waals surface area contributed by atoms with Crippen molar-refractivity contribution in [2.45, 2.75) is 44.8 Å². The fourth-order valence-electron chi connectivity index (χ4n) is 6.25. The summed E-state index contributed by atoms with van der Waals surface area (Å²) in [6.45, 7) is 2.42. The Morgan fingerprint density at radius 1 is 1.06 bits per heavy atom. The number of urea groups is 1. The molecule has 0 radical (unpaired) electrons. The molecule has 1 aliphatic carbocycles. The van der Waals surface area contributed by atoms with E-state index < -0.39 is 29.6 Å². The number of allylic oxidation sites excluding steroid dienone is 1. The van der Waals surface area contributed by atoms with E-state index in [1.807, 2.05) is 6.07 Å². The summed E-state index contributed by atoms with van der Waals surface area (Å²) >= 11 is 1.12. The number of aryl methyl sites for hydroxylation is 1. The molecule has 260 valence electrons. The van der Waals surface area contributed by atoms with Gasteiger partial charge in [-0.25, -0.2) is 14.8 Å². The third-order valence-electron chi connectivity index (χ3n) is 8.90. The van der Waals surface area contributed by atoms with Crippen molar-refractivity contribution in [3.05, 3.63) is 82.0 Å². The summed E-state index contributed by atoms with van der Waals surface area (Å²) in [4.78, 5) is 65.3. The van der Waals surface area contributed by atoms with Gasteiger partial charge in [-0.15, -0.1) is 11.3 Å². The maximum atomic E-state index is 13.7. The molecule has 12 nitrogen and oxygen atoms in total. The fourth-order valence-corrected chi connectivity index (χ4v) is 7.27. The minimum Gasteiger partial charge on any atom is -0.347 e. The molecule has 1 saturated heterocycles. The molecule has 5 amide bonds. The topological polar surface area (TPSA) is 160 Å².